The maximum absolute atomic E-state index is 13.9. The van der Waals surface area contributed by atoms with Gasteiger partial charge in [0.25, 0.3) is 11.8 Å². The number of ether oxygens (including phenoxy) is 2. The zero-order valence-electron chi connectivity index (χ0n) is 18.5. The first-order valence-corrected chi connectivity index (χ1v) is 10.9. The third-order valence-electron chi connectivity index (χ3n) is 7.04. The van der Waals surface area contributed by atoms with Gasteiger partial charge in [-0.3, -0.25) is 14.5 Å². The molecule has 0 aliphatic carbocycles. The summed E-state index contributed by atoms with van der Waals surface area (Å²) in [7, 11) is 0. The van der Waals surface area contributed by atoms with Crippen LogP contribution in [0.25, 0.3) is 0 Å². The Kier molecular flexibility index (Phi) is 5.13. The van der Waals surface area contributed by atoms with Crippen LogP contribution in [0.3, 0.4) is 0 Å². The Morgan fingerprint density at radius 1 is 1.29 bits per heavy atom. The Labute approximate surface area is 182 Å². The second-order valence-corrected chi connectivity index (χ2v) is 9.07. The molecule has 0 unspecified atom stereocenters. The van der Waals surface area contributed by atoms with Crippen molar-refractivity contribution in [2.24, 2.45) is 5.92 Å². The van der Waals surface area contributed by atoms with E-state index >= 15 is 0 Å². The lowest BCUT2D eigenvalue weighted by atomic mass is 9.86. The van der Waals surface area contributed by atoms with E-state index in [1.54, 1.807) is 32.6 Å². The maximum Gasteiger partial charge on any atom is 0.348 e. The van der Waals surface area contributed by atoms with Gasteiger partial charge in [0.15, 0.2) is 0 Å². The van der Waals surface area contributed by atoms with Crippen LogP contribution in [-0.2, 0) is 30.3 Å². The number of carbonyl (C=O) groups excluding carboxylic acids is 3. The number of hydrogen-bond acceptors (Lipinski definition) is 6. The highest BCUT2D eigenvalue weighted by molar-refractivity contribution is 6.10. The predicted octanol–water partition coefficient (Wildman–Crippen LogP) is 1.46. The average molecular weight is 431 g/mol. The van der Waals surface area contributed by atoms with E-state index < -0.39 is 40.9 Å². The van der Waals surface area contributed by atoms with Crippen molar-refractivity contribution in [3.8, 4) is 0 Å². The van der Waals surface area contributed by atoms with E-state index in [4.69, 9.17) is 9.47 Å². The Morgan fingerprint density at radius 2 is 1.97 bits per heavy atom. The van der Waals surface area contributed by atoms with Crippen LogP contribution in [0, 0.1) is 5.92 Å². The second-order valence-electron chi connectivity index (χ2n) is 9.07. The Hall–Kier alpha value is -2.45. The van der Waals surface area contributed by atoms with Gasteiger partial charge in [0.05, 0.1) is 6.61 Å². The van der Waals surface area contributed by atoms with Gasteiger partial charge in [0.2, 0.25) is 11.5 Å². The highest BCUT2D eigenvalue weighted by Gasteiger charge is 2.77. The van der Waals surface area contributed by atoms with Gasteiger partial charge in [0, 0.05) is 18.9 Å². The lowest BCUT2D eigenvalue weighted by molar-refractivity contribution is -0.341. The average Bonchev–Trinajstić information content (AvgIpc) is 3.25. The molecular weight excluding hydrogens is 400 g/mol. The van der Waals surface area contributed by atoms with Crippen LogP contribution in [0.15, 0.2) is 30.3 Å². The smallest absolute Gasteiger partial charge is 0.348 e. The van der Waals surface area contributed by atoms with E-state index in [0.717, 1.165) is 10.5 Å². The van der Waals surface area contributed by atoms with Crippen molar-refractivity contribution in [1.82, 2.24) is 9.80 Å². The monoisotopic (exact) mass is 430 g/mol. The van der Waals surface area contributed by atoms with Crippen molar-refractivity contribution >= 4 is 17.8 Å². The molecule has 8 nitrogen and oxygen atoms in total. The first-order valence-electron chi connectivity index (χ1n) is 10.9. The predicted molar refractivity (Wildman–Crippen MR) is 110 cm³/mol. The van der Waals surface area contributed by atoms with Gasteiger partial charge >= 0.3 is 5.97 Å². The molecule has 3 aliphatic heterocycles. The Bertz CT molecular complexity index is 905. The lowest BCUT2D eigenvalue weighted by Crippen LogP contribution is -2.76. The third-order valence-corrected chi connectivity index (χ3v) is 7.04. The summed E-state index contributed by atoms with van der Waals surface area (Å²) in [6, 6.07) is 8.33. The Balaban J connectivity index is 1.87. The highest BCUT2D eigenvalue weighted by Crippen LogP contribution is 2.54. The molecule has 4 rings (SSSR count). The number of fused-ring (bicyclic) bond motifs is 3. The minimum Gasteiger partial charge on any atom is -0.463 e. The van der Waals surface area contributed by atoms with Gasteiger partial charge in [0.1, 0.15) is 11.6 Å². The lowest BCUT2D eigenvalue weighted by Gasteiger charge is -2.55. The molecule has 1 aromatic rings. The van der Waals surface area contributed by atoms with E-state index in [1.165, 1.54) is 0 Å². The van der Waals surface area contributed by atoms with Gasteiger partial charge < -0.3 is 19.5 Å². The first kappa shape index (κ1) is 21.8. The molecule has 3 aliphatic rings. The van der Waals surface area contributed by atoms with E-state index in [2.05, 4.69) is 0 Å². The fourth-order valence-electron chi connectivity index (χ4n) is 5.29. The summed E-state index contributed by atoms with van der Waals surface area (Å²) in [6.07, 6.45) is 1.33. The normalized spacial score (nSPS) is 34.8. The van der Waals surface area contributed by atoms with Crippen LogP contribution in [0.5, 0.6) is 0 Å². The SMILES string of the molecule is CCOC(=O)[C@]1(C(C)C)O[C@]2(O)N(C1=O)[C@@H](Cc1ccccc1)C(=O)N1CCC[C@]12C. The van der Waals surface area contributed by atoms with E-state index in [0.29, 0.717) is 19.4 Å². The van der Waals surface area contributed by atoms with Crippen LogP contribution in [0.2, 0.25) is 0 Å². The molecule has 0 spiro atoms. The summed E-state index contributed by atoms with van der Waals surface area (Å²) in [5.41, 5.74) is -2.32. The summed E-state index contributed by atoms with van der Waals surface area (Å²) in [5.74, 6) is -4.54. The molecule has 168 valence electrons. The molecule has 3 heterocycles. The van der Waals surface area contributed by atoms with Crippen LogP contribution in [0.4, 0.5) is 0 Å². The van der Waals surface area contributed by atoms with Crippen molar-refractivity contribution in [3.63, 3.8) is 0 Å². The van der Waals surface area contributed by atoms with Gasteiger partial charge in [-0.05, 0) is 32.3 Å². The molecule has 31 heavy (non-hydrogen) atoms. The standard InChI is InChI=1S/C23H30N2O6/c1-5-30-20(28)22(15(2)3)19(27)25-17(14-16-10-7-6-8-11-16)18(26)24-13-9-12-21(24,4)23(25,29)31-22/h6-8,10-11,15,17,29H,5,9,12-14H2,1-4H3/t17-,21-,22+,23-/m0/s1. The second kappa shape index (κ2) is 7.31. The van der Waals surface area contributed by atoms with Gasteiger partial charge in [-0.15, -0.1) is 0 Å². The molecule has 3 saturated heterocycles. The van der Waals surface area contributed by atoms with Crippen LogP contribution >= 0.6 is 0 Å². The van der Waals surface area contributed by atoms with Crippen molar-refractivity contribution < 1.29 is 29.0 Å². The van der Waals surface area contributed by atoms with E-state index in [9.17, 15) is 19.5 Å². The van der Waals surface area contributed by atoms with Crippen molar-refractivity contribution in [3.05, 3.63) is 35.9 Å². The summed E-state index contributed by atoms with van der Waals surface area (Å²) in [5, 5.41) is 12.0. The molecule has 1 aromatic carbocycles. The zero-order chi connectivity index (χ0) is 22.6. The third kappa shape index (κ3) is 2.77. The molecule has 2 amide bonds. The largest absolute Gasteiger partial charge is 0.463 e. The minimum atomic E-state index is -2.13. The number of piperazine rings is 1. The number of amides is 2. The van der Waals surface area contributed by atoms with Crippen LogP contribution < -0.4 is 0 Å². The van der Waals surface area contributed by atoms with Gasteiger partial charge in [-0.25, -0.2) is 4.79 Å². The van der Waals surface area contributed by atoms with Gasteiger partial charge in [-0.1, -0.05) is 44.2 Å². The number of rotatable bonds is 5. The van der Waals surface area contributed by atoms with E-state index in [1.807, 2.05) is 30.3 Å². The highest BCUT2D eigenvalue weighted by atomic mass is 16.7. The number of carbonyl (C=O) groups is 3. The van der Waals surface area contributed by atoms with Gasteiger partial charge in [-0.2, -0.15) is 0 Å². The van der Waals surface area contributed by atoms with Crippen molar-refractivity contribution in [1.29, 1.82) is 0 Å². The number of hydrogen-bond donors (Lipinski definition) is 1. The minimum absolute atomic E-state index is 0.0676. The topological polar surface area (TPSA) is 96.4 Å². The molecule has 3 fully saturated rings. The number of nitrogens with zero attached hydrogens (tertiary/aromatic N) is 2. The number of benzene rings is 1. The molecule has 0 aromatic heterocycles. The summed E-state index contributed by atoms with van der Waals surface area (Å²) < 4.78 is 11.3. The molecule has 0 saturated carbocycles. The van der Waals surface area contributed by atoms with Crippen LogP contribution in [-0.4, -0.2) is 68.9 Å². The number of esters is 1. The van der Waals surface area contributed by atoms with Crippen LogP contribution in [0.1, 0.15) is 46.1 Å². The zero-order valence-corrected chi connectivity index (χ0v) is 18.5. The van der Waals surface area contributed by atoms with Crippen molar-refractivity contribution in [2.45, 2.75) is 70.1 Å². The van der Waals surface area contributed by atoms with E-state index in [-0.39, 0.29) is 18.9 Å². The molecular formula is C23H30N2O6. The fourth-order valence-corrected chi connectivity index (χ4v) is 5.29. The quantitative estimate of drug-likeness (QED) is 0.561. The maximum atomic E-state index is 13.9. The molecule has 8 heteroatoms. The first-order chi connectivity index (χ1) is 14.6. The molecule has 0 radical (unpaired) electrons. The summed E-state index contributed by atoms with van der Waals surface area (Å²) in [4.78, 5) is 43.2. The Morgan fingerprint density at radius 3 is 2.58 bits per heavy atom. The number of aliphatic hydroxyl groups is 1. The fraction of sp³-hybridized carbons (Fsp3) is 0.609. The van der Waals surface area contributed by atoms with Crippen molar-refractivity contribution in [2.75, 3.05) is 13.2 Å². The molecule has 0 bridgehead atoms. The molecule has 1 N–H and O–H groups in total. The molecule has 4 atom stereocenters. The summed E-state index contributed by atoms with van der Waals surface area (Å²) in [6.45, 7) is 7.26. The summed E-state index contributed by atoms with van der Waals surface area (Å²) >= 11 is 0.